The summed E-state index contributed by atoms with van der Waals surface area (Å²) in [4.78, 5) is 23.3. The molecule has 3 atom stereocenters. The second kappa shape index (κ2) is 5.88. The molecule has 2 rings (SSSR count). The molecule has 19 heavy (non-hydrogen) atoms. The highest BCUT2D eigenvalue weighted by atomic mass is 16.5. The van der Waals surface area contributed by atoms with Crippen molar-refractivity contribution in [2.75, 3.05) is 19.7 Å². The van der Waals surface area contributed by atoms with Gasteiger partial charge in [0.1, 0.15) is 0 Å². The predicted octanol–water partition coefficient (Wildman–Crippen LogP) is 0.125. The van der Waals surface area contributed by atoms with Crippen LogP contribution < -0.4 is 10.6 Å². The smallest absolute Gasteiger partial charge is 0.311 e. The first-order valence-corrected chi connectivity index (χ1v) is 6.87. The van der Waals surface area contributed by atoms with Crippen LogP contribution in [-0.2, 0) is 14.3 Å². The minimum Gasteiger partial charge on any atom is -0.481 e. The van der Waals surface area contributed by atoms with E-state index in [1.807, 2.05) is 0 Å². The molecular weight excluding hydrogens is 248 g/mol. The molecule has 1 aliphatic carbocycles. The number of carbonyl (C=O) groups is 2. The highest BCUT2D eigenvalue weighted by molar-refractivity contribution is 5.80. The maximum absolute atomic E-state index is 12.0. The molecule has 0 aromatic heterocycles. The molecule has 3 unspecified atom stereocenters. The van der Waals surface area contributed by atoms with Crippen LogP contribution in [0.1, 0.15) is 32.6 Å². The quantitative estimate of drug-likeness (QED) is 0.675. The van der Waals surface area contributed by atoms with E-state index < -0.39 is 11.4 Å². The van der Waals surface area contributed by atoms with Gasteiger partial charge in [0.15, 0.2) is 0 Å². The van der Waals surface area contributed by atoms with Gasteiger partial charge in [-0.25, -0.2) is 0 Å². The number of hydrogen-bond acceptors (Lipinski definition) is 4. The van der Waals surface area contributed by atoms with Crippen LogP contribution in [0.25, 0.3) is 0 Å². The van der Waals surface area contributed by atoms with Crippen molar-refractivity contribution in [1.82, 2.24) is 10.6 Å². The van der Waals surface area contributed by atoms with Gasteiger partial charge in [-0.3, -0.25) is 9.59 Å². The minimum atomic E-state index is -0.832. The third-order valence-corrected chi connectivity index (χ3v) is 4.20. The lowest BCUT2D eigenvalue weighted by molar-refractivity contribution is -0.149. The number of aliphatic carboxylic acids is 1. The number of amides is 1. The third kappa shape index (κ3) is 3.25. The zero-order valence-electron chi connectivity index (χ0n) is 11.3. The number of ether oxygens (including phenoxy) is 1. The van der Waals surface area contributed by atoms with E-state index in [0.29, 0.717) is 26.0 Å². The molecule has 0 bridgehead atoms. The number of carbonyl (C=O) groups excluding carboxylic acids is 1. The van der Waals surface area contributed by atoms with E-state index in [-0.39, 0.29) is 18.1 Å². The summed E-state index contributed by atoms with van der Waals surface area (Å²) in [6.45, 7) is 3.83. The van der Waals surface area contributed by atoms with Crippen molar-refractivity contribution in [2.45, 2.75) is 44.8 Å². The lowest BCUT2D eigenvalue weighted by Crippen LogP contribution is -2.49. The Hall–Kier alpha value is -1.14. The van der Waals surface area contributed by atoms with Crippen LogP contribution in [0, 0.1) is 5.41 Å². The van der Waals surface area contributed by atoms with Gasteiger partial charge in [0.2, 0.25) is 5.91 Å². The number of hydrogen-bond donors (Lipinski definition) is 3. The van der Waals surface area contributed by atoms with Crippen LogP contribution in [0.3, 0.4) is 0 Å². The maximum atomic E-state index is 12.0. The average molecular weight is 270 g/mol. The van der Waals surface area contributed by atoms with Crippen molar-refractivity contribution >= 4 is 11.9 Å². The third-order valence-electron chi connectivity index (χ3n) is 4.20. The first kappa shape index (κ1) is 14.3. The van der Waals surface area contributed by atoms with Crippen LogP contribution >= 0.6 is 0 Å². The molecule has 1 aliphatic heterocycles. The normalized spacial score (nSPS) is 35.0. The van der Waals surface area contributed by atoms with E-state index in [0.717, 1.165) is 19.4 Å². The molecule has 2 fully saturated rings. The molecule has 1 saturated heterocycles. The largest absolute Gasteiger partial charge is 0.481 e. The Morgan fingerprint density at radius 2 is 2.32 bits per heavy atom. The molecule has 2 aliphatic rings. The van der Waals surface area contributed by atoms with Gasteiger partial charge in [-0.1, -0.05) is 6.42 Å². The summed E-state index contributed by atoms with van der Waals surface area (Å²) >= 11 is 0. The molecule has 6 heteroatoms. The van der Waals surface area contributed by atoms with Gasteiger partial charge < -0.3 is 20.5 Å². The topological polar surface area (TPSA) is 87.7 Å². The lowest BCUT2D eigenvalue weighted by atomic mass is 9.85. The summed E-state index contributed by atoms with van der Waals surface area (Å²) in [5.74, 6) is -0.945. The Kier molecular flexibility index (Phi) is 4.42. The van der Waals surface area contributed by atoms with Crippen molar-refractivity contribution in [3.8, 4) is 0 Å². The number of morpholine rings is 1. The highest BCUT2D eigenvalue weighted by Gasteiger charge is 2.45. The summed E-state index contributed by atoms with van der Waals surface area (Å²) in [7, 11) is 0. The number of rotatable bonds is 4. The van der Waals surface area contributed by atoms with E-state index in [2.05, 4.69) is 10.6 Å². The summed E-state index contributed by atoms with van der Waals surface area (Å²) in [5, 5.41) is 15.3. The molecule has 0 aromatic rings. The second-order valence-electron chi connectivity index (χ2n) is 5.64. The van der Waals surface area contributed by atoms with Gasteiger partial charge in [0.25, 0.3) is 0 Å². The average Bonchev–Trinajstić information content (AvgIpc) is 2.73. The monoisotopic (exact) mass is 270 g/mol. The molecule has 6 nitrogen and oxygen atoms in total. The van der Waals surface area contributed by atoms with Crippen molar-refractivity contribution in [3.63, 3.8) is 0 Å². The van der Waals surface area contributed by atoms with E-state index in [1.54, 1.807) is 6.92 Å². The molecule has 108 valence electrons. The predicted molar refractivity (Wildman–Crippen MR) is 68.8 cm³/mol. The molecular formula is C13H22N2O4. The van der Waals surface area contributed by atoms with Gasteiger partial charge in [-0.05, 0) is 19.8 Å². The first-order valence-electron chi connectivity index (χ1n) is 6.87. The highest BCUT2D eigenvalue weighted by Crippen LogP contribution is 2.38. The molecule has 0 spiro atoms. The molecule has 3 N–H and O–H groups in total. The molecule has 1 heterocycles. The number of carboxylic acids is 1. The minimum absolute atomic E-state index is 0.105. The Morgan fingerprint density at radius 1 is 1.53 bits per heavy atom. The molecule has 1 amide bonds. The van der Waals surface area contributed by atoms with E-state index >= 15 is 0 Å². The van der Waals surface area contributed by atoms with Gasteiger partial charge in [0, 0.05) is 19.1 Å². The zero-order valence-corrected chi connectivity index (χ0v) is 11.3. The van der Waals surface area contributed by atoms with E-state index in [1.165, 1.54) is 0 Å². The fraction of sp³-hybridized carbons (Fsp3) is 0.846. The van der Waals surface area contributed by atoms with Crippen LogP contribution in [0.2, 0.25) is 0 Å². The fourth-order valence-electron chi connectivity index (χ4n) is 2.86. The van der Waals surface area contributed by atoms with Crippen LogP contribution in [0.5, 0.6) is 0 Å². The Labute approximate surface area is 112 Å². The summed E-state index contributed by atoms with van der Waals surface area (Å²) in [5.41, 5.74) is -0.832. The van der Waals surface area contributed by atoms with Gasteiger partial charge in [-0.2, -0.15) is 0 Å². The van der Waals surface area contributed by atoms with E-state index in [4.69, 9.17) is 4.74 Å². The van der Waals surface area contributed by atoms with Crippen molar-refractivity contribution in [3.05, 3.63) is 0 Å². The van der Waals surface area contributed by atoms with Crippen molar-refractivity contribution in [2.24, 2.45) is 5.41 Å². The number of carboxylic acid groups (broad SMARTS) is 1. The van der Waals surface area contributed by atoms with Crippen LogP contribution in [-0.4, -0.2) is 48.8 Å². The molecule has 0 radical (unpaired) electrons. The van der Waals surface area contributed by atoms with Gasteiger partial charge >= 0.3 is 5.97 Å². The summed E-state index contributed by atoms with van der Waals surface area (Å²) < 4.78 is 5.47. The van der Waals surface area contributed by atoms with Crippen molar-refractivity contribution in [1.29, 1.82) is 0 Å². The van der Waals surface area contributed by atoms with Crippen molar-refractivity contribution < 1.29 is 19.4 Å². The van der Waals surface area contributed by atoms with Crippen LogP contribution in [0.4, 0.5) is 0 Å². The number of nitrogens with one attached hydrogen (secondary N) is 2. The lowest BCUT2D eigenvalue weighted by Gasteiger charge is -2.29. The molecule has 0 aromatic carbocycles. The van der Waals surface area contributed by atoms with Crippen LogP contribution in [0.15, 0.2) is 0 Å². The van der Waals surface area contributed by atoms with Gasteiger partial charge in [-0.15, -0.1) is 0 Å². The zero-order chi connectivity index (χ0) is 13.9. The Balaban J connectivity index is 1.86. The fourth-order valence-corrected chi connectivity index (χ4v) is 2.86. The second-order valence-corrected chi connectivity index (χ2v) is 5.64. The van der Waals surface area contributed by atoms with Gasteiger partial charge in [0.05, 0.1) is 24.5 Å². The maximum Gasteiger partial charge on any atom is 0.311 e. The van der Waals surface area contributed by atoms with E-state index in [9.17, 15) is 14.7 Å². The SMILES string of the molecule is CC1(C(=O)O)CCCC1NC(=O)CC1CNCCO1. The summed E-state index contributed by atoms with van der Waals surface area (Å²) in [6.07, 6.45) is 2.38. The summed E-state index contributed by atoms with van der Waals surface area (Å²) in [6, 6.07) is -0.269. The Bertz CT molecular complexity index is 355. The molecule has 1 saturated carbocycles. The standard InChI is InChI=1S/C13H22N2O4/c1-13(12(17)18)4-2-3-10(13)15-11(16)7-9-8-14-5-6-19-9/h9-10,14H,2-8H2,1H3,(H,15,16)(H,17,18). The first-order chi connectivity index (χ1) is 9.02. The Morgan fingerprint density at radius 3 is 2.95 bits per heavy atom.